The summed E-state index contributed by atoms with van der Waals surface area (Å²) in [6, 6.07) is 13.9. The molecule has 2 aromatic carbocycles. The second kappa shape index (κ2) is 6.94. The zero-order chi connectivity index (χ0) is 16.2. The van der Waals surface area contributed by atoms with Gasteiger partial charge in [0.2, 0.25) is 5.89 Å². The SMILES string of the molecule is C[C@H](NCc1coc(-c2ccc(Cl)cc2)n1)c1cccc(F)c1. The zero-order valence-corrected chi connectivity index (χ0v) is 13.3. The van der Waals surface area contributed by atoms with Crippen molar-refractivity contribution in [2.45, 2.75) is 19.5 Å². The Morgan fingerprint density at radius 3 is 2.74 bits per heavy atom. The summed E-state index contributed by atoms with van der Waals surface area (Å²) in [6.45, 7) is 2.52. The van der Waals surface area contributed by atoms with E-state index in [4.69, 9.17) is 16.0 Å². The molecule has 0 radical (unpaired) electrons. The summed E-state index contributed by atoms with van der Waals surface area (Å²) in [5, 5.41) is 3.98. The maximum absolute atomic E-state index is 13.2. The molecule has 1 heterocycles. The fourth-order valence-electron chi connectivity index (χ4n) is 2.26. The predicted octanol–water partition coefficient (Wildman–Crippen LogP) is 4.98. The predicted molar refractivity (Wildman–Crippen MR) is 88.6 cm³/mol. The van der Waals surface area contributed by atoms with Gasteiger partial charge in [0.25, 0.3) is 0 Å². The van der Waals surface area contributed by atoms with Gasteiger partial charge in [0.1, 0.15) is 12.1 Å². The van der Waals surface area contributed by atoms with Crippen molar-refractivity contribution < 1.29 is 8.81 Å². The van der Waals surface area contributed by atoms with Crippen LogP contribution in [0.25, 0.3) is 11.5 Å². The molecule has 0 saturated heterocycles. The number of nitrogens with one attached hydrogen (secondary N) is 1. The Morgan fingerprint density at radius 2 is 2.00 bits per heavy atom. The summed E-state index contributed by atoms with van der Waals surface area (Å²) in [5.74, 6) is 0.319. The Bertz CT molecular complexity index is 786. The maximum Gasteiger partial charge on any atom is 0.226 e. The van der Waals surface area contributed by atoms with Gasteiger partial charge in [0, 0.05) is 23.2 Å². The van der Waals surface area contributed by atoms with Crippen molar-refractivity contribution in [3.05, 3.63) is 76.9 Å². The molecule has 0 bridgehead atoms. The van der Waals surface area contributed by atoms with E-state index in [9.17, 15) is 4.39 Å². The zero-order valence-electron chi connectivity index (χ0n) is 12.6. The Labute approximate surface area is 139 Å². The largest absolute Gasteiger partial charge is 0.444 e. The van der Waals surface area contributed by atoms with Crippen LogP contribution in [0.3, 0.4) is 0 Å². The van der Waals surface area contributed by atoms with Crippen LogP contribution < -0.4 is 5.32 Å². The first-order valence-corrected chi connectivity index (χ1v) is 7.69. The summed E-state index contributed by atoms with van der Waals surface area (Å²) in [6.07, 6.45) is 1.62. The van der Waals surface area contributed by atoms with E-state index in [0.29, 0.717) is 17.5 Å². The van der Waals surface area contributed by atoms with Gasteiger partial charge in [-0.1, -0.05) is 23.7 Å². The average Bonchev–Trinajstić information content (AvgIpc) is 3.02. The monoisotopic (exact) mass is 330 g/mol. The smallest absolute Gasteiger partial charge is 0.226 e. The van der Waals surface area contributed by atoms with Gasteiger partial charge in [0.05, 0.1) is 5.69 Å². The molecule has 5 heteroatoms. The fourth-order valence-corrected chi connectivity index (χ4v) is 2.39. The van der Waals surface area contributed by atoms with Crippen molar-refractivity contribution in [2.75, 3.05) is 0 Å². The molecule has 0 aliphatic carbocycles. The summed E-state index contributed by atoms with van der Waals surface area (Å²) in [5.41, 5.74) is 2.56. The van der Waals surface area contributed by atoms with Crippen LogP contribution in [0.15, 0.2) is 59.2 Å². The first-order chi connectivity index (χ1) is 11.1. The maximum atomic E-state index is 13.2. The molecule has 1 N–H and O–H groups in total. The van der Waals surface area contributed by atoms with E-state index in [1.165, 1.54) is 12.1 Å². The normalized spacial score (nSPS) is 12.3. The van der Waals surface area contributed by atoms with E-state index < -0.39 is 0 Å². The second-order valence-electron chi connectivity index (χ2n) is 5.31. The van der Waals surface area contributed by atoms with Crippen molar-refractivity contribution in [3.63, 3.8) is 0 Å². The molecule has 23 heavy (non-hydrogen) atoms. The van der Waals surface area contributed by atoms with E-state index in [-0.39, 0.29) is 11.9 Å². The van der Waals surface area contributed by atoms with E-state index in [2.05, 4.69) is 10.3 Å². The van der Waals surface area contributed by atoms with Crippen LogP contribution in [0.2, 0.25) is 5.02 Å². The standard InChI is InChI=1S/C18H16ClFN2O/c1-12(14-3-2-4-16(20)9-14)21-10-17-11-23-18(22-17)13-5-7-15(19)8-6-13/h2-9,11-12,21H,10H2,1H3/t12-/m0/s1. The summed E-state index contributed by atoms with van der Waals surface area (Å²) >= 11 is 5.87. The molecule has 3 aromatic rings. The minimum atomic E-state index is -0.234. The van der Waals surface area contributed by atoms with E-state index in [1.54, 1.807) is 24.5 Å². The Morgan fingerprint density at radius 1 is 1.22 bits per heavy atom. The molecule has 0 saturated carbocycles. The lowest BCUT2D eigenvalue weighted by Gasteiger charge is -2.13. The highest BCUT2D eigenvalue weighted by atomic mass is 35.5. The lowest BCUT2D eigenvalue weighted by Crippen LogP contribution is -2.18. The third kappa shape index (κ3) is 3.97. The Hall–Kier alpha value is -2.17. The summed E-state index contributed by atoms with van der Waals surface area (Å²) < 4.78 is 18.7. The fraction of sp³-hybridized carbons (Fsp3) is 0.167. The van der Waals surface area contributed by atoms with Gasteiger partial charge in [-0.2, -0.15) is 0 Å². The number of aromatic nitrogens is 1. The van der Waals surface area contributed by atoms with Gasteiger partial charge in [-0.3, -0.25) is 0 Å². The van der Waals surface area contributed by atoms with Gasteiger partial charge >= 0.3 is 0 Å². The lowest BCUT2D eigenvalue weighted by atomic mass is 10.1. The van der Waals surface area contributed by atoms with Gasteiger partial charge in [-0.15, -0.1) is 0 Å². The van der Waals surface area contributed by atoms with Gasteiger partial charge < -0.3 is 9.73 Å². The molecule has 3 rings (SSSR count). The highest BCUT2D eigenvalue weighted by molar-refractivity contribution is 6.30. The highest BCUT2D eigenvalue weighted by Crippen LogP contribution is 2.21. The quantitative estimate of drug-likeness (QED) is 0.716. The average molecular weight is 331 g/mol. The van der Waals surface area contributed by atoms with Gasteiger partial charge in [0.15, 0.2) is 0 Å². The van der Waals surface area contributed by atoms with Crippen LogP contribution in [0.1, 0.15) is 24.2 Å². The number of benzene rings is 2. The number of hydrogen-bond donors (Lipinski definition) is 1. The number of hydrogen-bond acceptors (Lipinski definition) is 3. The molecule has 1 atom stereocenters. The van der Waals surface area contributed by atoms with E-state index in [0.717, 1.165) is 16.8 Å². The van der Waals surface area contributed by atoms with Crippen LogP contribution in [0.5, 0.6) is 0 Å². The van der Waals surface area contributed by atoms with Crippen molar-refractivity contribution in [1.29, 1.82) is 0 Å². The summed E-state index contributed by atoms with van der Waals surface area (Å²) in [7, 11) is 0. The van der Waals surface area contributed by atoms with Crippen molar-refractivity contribution in [2.24, 2.45) is 0 Å². The number of halogens is 2. The molecule has 1 aromatic heterocycles. The molecule has 0 amide bonds. The van der Waals surface area contributed by atoms with Crippen LogP contribution in [-0.2, 0) is 6.54 Å². The van der Waals surface area contributed by atoms with Crippen LogP contribution in [0, 0.1) is 5.82 Å². The van der Waals surface area contributed by atoms with Crippen LogP contribution >= 0.6 is 11.6 Å². The molecule has 3 nitrogen and oxygen atoms in total. The molecule has 0 aliphatic rings. The minimum Gasteiger partial charge on any atom is -0.444 e. The van der Waals surface area contributed by atoms with Crippen molar-refractivity contribution >= 4 is 11.6 Å². The molecule has 0 unspecified atom stereocenters. The highest BCUT2D eigenvalue weighted by Gasteiger charge is 2.09. The van der Waals surface area contributed by atoms with E-state index in [1.807, 2.05) is 25.1 Å². The third-order valence-electron chi connectivity index (χ3n) is 3.58. The van der Waals surface area contributed by atoms with Crippen LogP contribution in [-0.4, -0.2) is 4.98 Å². The first kappa shape index (κ1) is 15.7. The topological polar surface area (TPSA) is 38.1 Å². The number of oxazole rings is 1. The summed E-state index contributed by atoms with van der Waals surface area (Å²) in [4.78, 5) is 4.45. The van der Waals surface area contributed by atoms with Gasteiger partial charge in [-0.25, -0.2) is 9.37 Å². The number of nitrogens with zero attached hydrogens (tertiary/aromatic N) is 1. The van der Waals surface area contributed by atoms with Crippen molar-refractivity contribution in [1.82, 2.24) is 10.3 Å². The lowest BCUT2D eigenvalue weighted by molar-refractivity contribution is 0.549. The first-order valence-electron chi connectivity index (χ1n) is 7.31. The third-order valence-corrected chi connectivity index (χ3v) is 3.83. The van der Waals surface area contributed by atoms with Gasteiger partial charge in [-0.05, 0) is 48.9 Å². The van der Waals surface area contributed by atoms with E-state index >= 15 is 0 Å². The molecule has 0 spiro atoms. The Kier molecular flexibility index (Phi) is 4.74. The second-order valence-corrected chi connectivity index (χ2v) is 5.74. The molecular formula is C18H16ClFN2O. The molecule has 0 fully saturated rings. The molecule has 118 valence electrons. The van der Waals surface area contributed by atoms with Crippen molar-refractivity contribution in [3.8, 4) is 11.5 Å². The molecule has 0 aliphatic heterocycles. The Balaban J connectivity index is 1.64. The minimum absolute atomic E-state index is 0.0152. The van der Waals surface area contributed by atoms with Crippen LogP contribution in [0.4, 0.5) is 4.39 Å². The molecular weight excluding hydrogens is 315 g/mol. The number of rotatable bonds is 5.